The summed E-state index contributed by atoms with van der Waals surface area (Å²) in [6.45, 7) is 0.227. The van der Waals surface area contributed by atoms with Crippen molar-refractivity contribution in [1.82, 2.24) is 15.0 Å². The molecular weight excluding hydrogens is 382 g/mol. The average molecular weight is 401 g/mol. The van der Waals surface area contributed by atoms with E-state index in [1.165, 1.54) is 5.56 Å². The third-order valence-corrected chi connectivity index (χ3v) is 5.88. The number of allylic oxidation sites excluding steroid dienone is 2. The first-order valence-electron chi connectivity index (χ1n) is 9.73. The standard InChI is InChI=1S/C23H19N3O4/c1-27-18-5-12-10-26-22-15(13(12)7-19(18)28-2)6-14-16(22)8-20-23(30-11-29-20)17(14)9-21-24-3-4-25-21/h3-6,8,10H,7,9,11H2,1-2H3,(H,24,25). The molecule has 6 rings (SSSR count). The summed E-state index contributed by atoms with van der Waals surface area (Å²) in [5, 5.41) is 4.15. The lowest BCUT2D eigenvalue weighted by molar-refractivity contribution is 0.173. The molecule has 2 aliphatic carbocycles. The zero-order valence-electron chi connectivity index (χ0n) is 16.6. The number of benzene rings is 1. The minimum atomic E-state index is 0.227. The summed E-state index contributed by atoms with van der Waals surface area (Å²) in [7, 11) is 3.33. The van der Waals surface area contributed by atoms with Crippen LogP contribution >= 0.6 is 0 Å². The maximum atomic E-state index is 5.82. The van der Waals surface area contributed by atoms with Gasteiger partial charge in [-0.25, -0.2) is 4.98 Å². The summed E-state index contributed by atoms with van der Waals surface area (Å²) in [4.78, 5) is 12.4. The second kappa shape index (κ2) is 6.38. The van der Waals surface area contributed by atoms with Gasteiger partial charge < -0.3 is 23.9 Å². The Morgan fingerprint density at radius 1 is 1.13 bits per heavy atom. The molecule has 0 spiro atoms. The Kier molecular flexibility index (Phi) is 3.65. The molecule has 1 N–H and O–H groups in total. The van der Waals surface area contributed by atoms with Gasteiger partial charge >= 0.3 is 0 Å². The van der Waals surface area contributed by atoms with E-state index in [0.29, 0.717) is 12.8 Å². The third kappa shape index (κ3) is 2.38. The van der Waals surface area contributed by atoms with Gasteiger partial charge in [0.05, 0.1) is 19.6 Å². The number of fused-ring (bicyclic) bond motifs is 5. The Morgan fingerprint density at radius 2 is 2.07 bits per heavy atom. The molecule has 0 radical (unpaired) electrons. The van der Waals surface area contributed by atoms with Crippen molar-refractivity contribution in [3.63, 3.8) is 0 Å². The van der Waals surface area contributed by atoms with Crippen LogP contribution in [0.4, 0.5) is 0 Å². The van der Waals surface area contributed by atoms with Crippen molar-refractivity contribution in [2.45, 2.75) is 12.8 Å². The monoisotopic (exact) mass is 401 g/mol. The second-order valence-corrected chi connectivity index (χ2v) is 7.38. The first-order chi connectivity index (χ1) is 14.8. The third-order valence-electron chi connectivity index (χ3n) is 5.88. The Morgan fingerprint density at radius 3 is 2.87 bits per heavy atom. The number of hydrogen-bond donors (Lipinski definition) is 1. The second-order valence-electron chi connectivity index (χ2n) is 7.38. The van der Waals surface area contributed by atoms with Crippen LogP contribution in [-0.2, 0) is 22.3 Å². The van der Waals surface area contributed by atoms with Crippen LogP contribution in [0.2, 0.25) is 0 Å². The molecule has 7 heteroatoms. The fourth-order valence-corrected chi connectivity index (χ4v) is 4.45. The van der Waals surface area contributed by atoms with Gasteiger partial charge in [-0.2, -0.15) is 0 Å². The predicted molar refractivity (Wildman–Crippen MR) is 108 cm³/mol. The molecule has 30 heavy (non-hydrogen) atoms. The van der Waals surface area contributed by atoms with Gasteiger partial charge in [0.25, 0.3) is 0 Å². The molecule has 0 amide bonds. The van der Waals surface area contributed by atoms with E-state index in [-0.39, 0.29) is 6.79 Å². The molecule has 3 aliphatic rings. The van der Waals surface area contributed by atoms with Gasteiger partial charge in [0.1, 0.15) is 11.6 Å². The number of hydrogen-bond acceptors (Lipinski definition) is 6. The smallest absolute Gasteiger partial charge is 0.231 e. The van der Waals surface area contributed by atoms with Gasteiger partial charge in [-0.05, 0) is 29.0 Å². The molecule has 3 heterocycles. The number of aromatic amines is 1. The molecule has 0 saturated carbocycles. The van der Waals surface area contributed by atoms with E-state index in [0.717, 1.165) is 61.0 Å². The Bertz CT molecular complexity index is 1440. The lowest BCUT2D eigenvalue weighted by atomic mass is 9.98. The molecule has 0 bridgehead atoms. The summed E-state index contributed by atoms with van der Waals surface area (Å²) in [6, 6.07) is 2.03. The molecule has 150 valence electrons. The maximum Gasteiger partial charge on any atom is 0.231 e. The topological polar surface area (TPSA) is 78.5 Å². The Balaban J connectivity index is 1.63. The highest BCUT2D eigenvalue weighted by Gasteiger charge is 2.25. The predicted octanol–water partition coefficient (Wildman–Crippen LogP) is 1.39. The minimum Gasteiger partial charge on any atom is -0.497 e. The van der Waals surface area contributed by atoms with Gasteiger partial charge in [-0.15, -0.1) is 0 Å². The molecule has 3 aromatic rings. The van der Waals surface area contributed by atoms with Crippen molar-refractivity contribution in [3.8, 4) is 11.5 Å². The fraction of sp³-hybridized carbons (Fsp3) is 0.217. The van der Waals surface area contributed by atoms with Gasteiger partial charge in [0.15, 0.2) is 17.3 Å². The van der Waals surface area contributed by atoms with E-state index in [1.807, 2.05) is 24.5 Å². The highest BCUT2D eigenvalue weighted by atomic mass is 16.7. The van der Waals surface area contributed by atoms with Gasteiger partial charge in [-0.3, -0.25) is 4.98 Å². The number of nitrogens with one attached hydrogen (secondary N) is 1. The number of methoxy groups -OCH3 is 2. The van der Waals surface area contributed by atoms with Gasteiger partial charge in [0.2, 0.25) is 6.79 Å². The molecule has 7 nitrogen and oxygen atoms in total. The molecule has 1 aromatic carbocycles. The van der Waals surface area contributed by atoms with E-state index in [4.69, 9.17) is 23.9 Å². The van der Waals surface area contributed by atoms with Crippen LogP contribution < -0.4 is 19.9 Å². The molecule has 2 aromatic heterocycles. The van der Waals surface area contributed by atoms with E-state index in [9.17, 15) is 0 Å². The highest BCUT2D eigenvalue weighted by Crippen LogP contribution is 2.36. The number of aromatic nitrogens is 3. The Labute approximate surface area is 171 Å². The van der Waals surface area contributed by atoms with Crippen LogP contribution in [0.5, 0.6) is 11.5 Å². The zero-order valence-corrected chi connectivity index (χ0v) is 16.6. The number of H-pyrrole nitrogens is 1. The van der Waals surface area contributed by atoms with E-state index >= 15 is 0 Å². The fourth-order valence-electron chi connectivity index (χ4n) is 4.45. The average Bonchev–Trinajstić information content (AvgIpc) is 3.52. The Hall–Kier alpha value is -3.74. The SMILES string of the molecule is COC1=C(OC)Cc2c3c(ncc2=C1)=c1cc2c(c(Cc4ncc[nH]4)c1=C3)OCO2. The first-order valence-corrected chi connectivity index (χ1v) is 9.73. The van der Waals surface area contributed by atoms with Crippen LogP contribution in [0, 0.1) is 10.6 Å². The first kappa shape index (κ1) is 17.1. The molecule has 1 aliphatic heterocycles. The van der Waals surface area contributed by atoms with Crippen molar-refractivity contribution in [2.24, 2.45) is 0 Å². The molecule has 0 fully saturated rings. The number of pyridine rings is 1. The van der Waals surface area contributed by atoms with Crippen molar-refractivity contribution < 1.29 is 18.9 Å². The number of imidazole rings is 1. The summed E-state index contributed by atoms with van der Waals surface area (Å²) < 4.78 is 22.6. The lowest BCUT2D eigenvalue weighted by Crippen LogP contribution is -2.20. The highest BCUT2D eigenvalue weighted by molar-refractivity contribution is 5.66. The van der Waals surface area contributed by atoms with Crippen LogP contribution in [0.3, 0.4) is 0 Å². The molecule has 0 unspecified atom stereocenters. The van der Waals surface area contributed by atoms with E-state index in [2.05, 4.69) is 16.0 Å². The number of ether oxygens (including phenoxy) is 4. The largest absolute Gasteiger partial charge is 0.497 e. The normalized spacial score (nSPS) is 15.1. The zero-order chi connectivity index (χ0) is 20.2. The quantitative estimate of drug-likeness (QED) is 0.557. The van der Waals surface area contributed by atoms with Crippen molar-refractivity contribution in [2.75, 3.05) is 21.0 Å². The van der Waals surface area contributed by atoms with Crippen LogP contribution in [0.15, 0.2) is 36.2 Å². The summed E-state index contributed by atoms with van der Waals surface area (Å²) in [6.07, 6.45) is 11.0. The maximum absolute atomic E-state index is 5.82. The van der Waals surface area contributed by atoms with Crippen LogP contribution in [0.1, 0.15) is 22.5 Å². The van der Waals surface area contributed by atoms with Crippen molar-refractivity contribution in [3.05, 3.63) is 79.7 Å². The summed E-state index contributed by atoms with van der Waals surface area (Å²) >= 11 is 0. The summed E-state index contributed by atoms with van der Waals surface area (Å²) in [5.74, 6) is 3.97. The van der Waals surface area contributed by atoms with Crippen LogP contribution in [0.25, 0.3) is 12.2 Å². The molecule has 0 atom stereocenters. The van der Waals surface area contributed by atoms with E-state index < -0.39 is 0 Å². The van der Waals surface area contributed by atoms with Crippen molar-refractivity contribution in [1.29, 1.82) is 0 Å². The van der Waals surface area contributed by atoms with Crippen LogP contribution in [-0.4, -0.2) is 36.0 Å². The number of nitrogens with zero attached hydrogens (tertiary/aromatic N) is 2. The summed E-state index contributed by atoms with van der Waals surface area (Å²) in [5.41, 5.74) is 3.34. The van der Waals surface area contributed by atoms with Gasteiger partial charge in [-0.1, -0.05) is 0 Å². The van der Waals surface area contributed by atoms with Crippen molar-refractivity contribution >= 4 is 12.2 Å². The molecule has 0 saturated heterocycles. The minimum absolute atomic E-state index is 0.227. The number of rotatable bonds is 4. The lowest BCUT2D eigenvalue weighted by Gasteiger charge is -2.17. The molecular formula is C23H19N3O4. The van der Waals surface area contributed by atoms with Gasteiger partial charge in [0, 0.05) is 53.0 Å². The van der Waals surface area contributed by atoms with E-state index in [1.54, 1.807) is 20.4 Å².